The van der Waals surface area contributed by atoms with Crippen LogP contribution in [0.5, 0.6) is 5.75 Å². The van der Waals surface area contributed by atoms with Gasteiger partial charge in [-0.15, -0.1) is 0 Å². The quantitative estimate of drug-likeness (QED) is 0.420. The van der Waals surface area contributed by atoms with E-state index in [2.05, 4.69) is 32.2 Å². The first-order valence-corrected chi connectivity index (χ1v) is 12.6. The number of nitrogens with zero attached hydrogens (tertiary/aromatic N) is 2. The fraction of sp³-hybridized carbons (Fsp3) is 0.407. The van der Waals surface area contributed by atoms with Crippen molar-refractivity contribution in [2.75, 3.05) is 53.0 Å². The number of hydrogen-bond donors (Lipinski definition) is 2. The van der Waals surface area contributed by atoms with E-state index in [0.717, 1.165) is 75.4 Å². The number of thiocarbonyl (C=S) groups is 1. The number of fused-ring (bicyclic) bond motifs is 1. The number of rotatable bonds is 10. The summed E-state index contributed by atoms with van der Waals surface area (Å²) in [6.45, 7) is 6.48. The highest BCUT2D eigenvalue weighted by Gasteiger charge is 2.15. The number of methoxy groups -OCH3 is 1. The highest BCUT2D eigenvalue weighted by atomic mass is 32.1. The highest BCUT2D eigenvalue weighted by Crippen LogP contribution is 2.19. The number of H-pyrrole nitrogens is 1. The van der Waals surface area contributed by atoms with Crippen molar-refractivity contribution < 1.29 is 9.47 Å². The van der Waals surface area contributed by atoms with Gasteiger partial charge in [0.2, 0.25) is 0 Å². The Morgan fingerprint density at radius 2 is 1.97 bits per heavy atom. The Kier molecular flexibility index (Phi) is 9.11. The van der Waals surface area contributed by atoms with Gasteiger partial charge in [0, 0.05) is 44.4 Å². The van der Waals surface area contributed by atoms with Crippen LogP contribution in [-0.2, 0) is 17.7 Å². The minimum atomic E-state index is -0.101. The van der Waals surface area contributed by atoms with Crippen LogP contribution in [0.2, 0.25) is 0 Å². The summed E-state index contributed by atoms with van der Waals surface area (Å²) in [5, 5.41) is 5.05. The molecule has 0 radical (unpaired) electrons. The van der Waals surface area contributed by atoms with Gasteiger partial charge in [-0.3, -0.25) is 9.69 Å². The number of aromatic nitrogens is 1. The van der Waals surface area contributed by atoms with E-state index in [1.165, 1.54) is 5.56 Å². The summed E-state index contributed by atoms with van der Waals surface area (Å²) in [6, 6.07) is 18.0. The van der Waals surface area contributed by atoms with Crippen LogP contribution in [0.15, 0.2) is 59.4 Å². The second kappa shape index (κ2) is 12.7. The maximum atomic E-state index is 12.9. The maximum absolute atomic E-state index is 12.9. The minimum absolute atomic E-state index is 0.101. The fourth-order valence-corrected chi connectivity index (χ4v) is 4.57. The smallest absolute Gasteiger partial charge is 0.253 e. The number of aromatic amines is 1. The molecule has 1 aromatic heterocycles. The molecule has 1 aliphatic heterocycles. The number of hydrogen-bond acceptors (Lipinski definition) is 5. The summed E-state index contributed by atoms with van der Waals surface area (Å²) < 4.78 is 10.7. The maximum Gasteiger partial charge on any atom is 0.253 e. The Morgan fingerprint density at radius 3 is 2.74 bits per heavy atom. The van der Waals surface area contributed by atoms with E-state index in [1.807, 2.05) is 42.5 Å². The summed E-state index contributed by atoms with van der Waals surface area (Å²) in [5.74, 6) is 0.717. The third kappa shape index (κ3) is 7.27. The predicted octanol–water partition coefficient (Wildman–Crippen LogP) is 3.18. The zero-order chi connectivity index (χ0) is 24.5. The van der Waals surface area contributed by atoms with Gasteiger partial charge in [0.1, 0.15) is 5.75 Å². The van der Waals surface area contributed by atoms with E-state index >= 15 is 0 Å². The molecule has 186 valence electrons. The van der Waals surface area contributed by atoms with Crippen molar-refractivity contribution in [3.63, 3.8) is 0 Å². The molecule has 0 bridgehead atoms. The molecule has 7 nitrogen and oxygen atoms in total. The Morgan fingerprint density at radius 1 is 1.17 bits per heavy atom. The molecule has 2 heterocycles. The molecule has 1 saturated heterocycles. The Hall–Kier alpha value is -2.94. The number of ether oxygens (including phenoxy) is 2. The van der Waals surface area contributed by atoms with Gasteiger partial charge >= 0.3 is 0 Å². The van der Waals surface area contributed by atoms with E-state index < -0.39 is 0 Å². The lowest BCUT2D eigenvalue weighted by molar-refractivity contribution is 0.0367. The first-order chi connectivity index (χ1) is 17.1. The first kappa shape index (κ1) is 25.2. The second-order valence-corrected chi connectivity index (χ2v) is 9.16. The van der Waals surface area contributed by atoms with E-state index in [4.69, 9.17) is 21.7 Å². The topological polar surface area (TPSA) is 69.8 Å². The van der Waals surface area contributed by atoms with Crippen molar-refractivity contribution in [2.45, 2.75) is 19.4 Å². The molecule has 0 spiro atoms. The van der Waals surface area contributed by atoms with Gasteiger partial charge < -0.3 is 24.7 Å². The molecule has 4 rings (SSSR count). The predicted molar refractivity (Wildman–Crippen MR) is 144 cm³/mol. The number of nitrogens with one attached hydrogen (secondary N) is 2. The van der Waals surface area contributed by atoms with Gasteiger partial charge in [-0.2, -0.15) is 0 Å². The van der Waals surface area contributed by atoms with E-state index in [9.17, 15) is 4.79 Å². The SMILES string of the molecule is COc1ccc2cc(CN(CCCN3CCOCC3)C(=S)NCCc3ccccc3)c(=O)[nH]c2c1. The Balaban J connectivity index is 1.43. The molecule has 0 aliphatic carbocycles. The summed E-state index contributed by atoms with van der Waals surface area (Å²) >= 11 is 5.78. The summed E-state index contributed by atoms with van der Waals surface area (Å²) in [4.78, 5) is 20.4. The van der Waals surface area contributed by atoms with Gasteiger partial charge in [-0.05, 0) is 54.2 Å². The van der Waals surface area contributed by atoms with E-state index in [-0.39, 0.29) is 5.56 Å². The van der Waals surface area contributed by atoms with Crippen molar-refractivity contribution >= 4 is 28.2 Å². The number of pyridine rings is 1. The Bertz CT molecular complexity index is 1160. The molecule has 2 N–H and O–H groups in total. The van der Waals surface area contributed by atoms with Crippen molar-refractivity contribution in [2.24, 2.45) is 0 Å². The van der Waals surface area contributed by atoms with Crippen LogP contribution in [0.25, 0.3) is 10.9 Å². The van der Waals surface area contributed by atoms with Gasteiger partial charge in [0.15, 0.2) is 5.11 Å². The molecule has 0 atom stereocenters. The lowest BCUT2D eigenvalue weighted by Gasteiger charge is -2.29. The zero-order valence-electron chi connectivity index (χ0n) is 20.3. The molecular weight excluding hydrogens is 460 g/mol. The largest absolute Gasteiger partial charge is 0.497 e. The molecule has 1 fully saturated rings. The van der Waals surface area contributed by atoms with Crippen LogP contribution in [0, 0.1) is 0 Å². The molecule has 2 aromatic carbocycles. The van der Waals surface area contributed by atoms with Gasteiger partial charge in [0.05, 0.1) is 32.4 Å². The van der Waals surface area contributed by atoms with E-state index in [0.29, 0.717) is 17.2 Å². The average molecular weight is 495 g/mol. The fourth-order valence-electron chi connectivity index (χ4n) is 4.31. The van der Waals surface area contributed by atoms with Crippen LogP contribution in [0.3, 0.4) is 0 Å². The molecule has 0 saturated carbocycles. The lowest BCUT2D eigenvalue weighted by Crippen LogP contribution is -2.43. The summed E-state index contributed by atoms with van der Waals surface area (Å²) in [7, 11) is 1.62. The zero-order valence-corrected chi connectivity index (χ0v) is 21.1. The normalized spacial score (nSPS) is 14.1. The first-order valence-electron chi connectivity index (χ1n) is 12.2. The average Bonchev–Trinajstić information content (AvgIpc) is 2.89. The van der Waals surface area contributed by atoms with Crippen LogP contribution >= 0.6 is 12.2 Å². The Labute approximate surface area is 212 Å². The molecule has 0 unspecified atom stereocenters. The number of morpholine rings is 1. The summed E-state index contributed by atoms with van der Waals surface area (Å²) in [5.41, 5.74) is 2.63. The molecule has 8 heteroatoms. The van der Waals surface area contributed by atoms with Crippen LogP contribution in [0.1, 0.15) is 17.5 Å². The second-order valence-electron chi connectivity index (χ2n) is 8.77. The van der Waals surface area contributed by atoms with Gasteiger partial charge in [0.25, 0.3) is 5.56 Å². The van der Waals surface area contributed by atoms with Crippen molar-refractivity contribution in [3.8, 4) is 5.75 Å². The van der Waals surface area contributed by atoms with Crippen molar-refractivity contribution in [1.29, 1.82) is 0 Å². The van der Waals surface area contributed by atoms with E-state index in [1.54, 1.807) is 7.11 Å². The van der Waals surface area contributed by atoms with Crippen LogP contribution in [0.4, 0.5) is 0 Å². The monoisotopic (exact) mass is 494 g/mol. The third-order valence-electron chi connectivity index (χ3n) is 6.32. The van der Waals surface area contributed by atoms with Gasteiger partial charge in [-0.25, -0.2) is 0 Å². The standard InChI is InChI=1S/C27H34N4O3S/c1-33-24-9-8-22-18-23(26(32)29-25(22)19-24)20-31(13-5-12-30-14-16-34-17-15-30)27(35)28-11-10-21-6-3-2-4-7-21/h2-4,6-9,18-19H,5,10-17,20H2,1H3,(H,28,35)(H,29,32). The molecule has 3 aromatic rings. The molecular formula is C27H34N4O3S. The van der Waals surface area contributed by atoms with Crippen molar-refractivity contribution in [1.82, 2.24) is 20.1 Å². The van der Waals surface area contributed by atoms with Crippen LogP contribution in [-0.4, -0.2) is 72.9 Å². The number of benzene rings is 2. The minimum Gasteiger partial charge on any atom is -0.497 e. The van der Waals surface area contributed by atoms with Gasteiger partial charge in [-0.1, -0.05) is 30.3 Å². The lowest BCUT2D eigenvalue weighted by atomic mass is 10.1. The highest BCUT2D eigenvalue weighted by molar-refractivity contribution is 7.80. The van der Waals surface area contributed by atoms with Crippen molar-refractivity contribution in [3.05, 3.63) is 76.1 Å². The molecule has 0 amide bonds. The van der Waals surface area contributed by atoms with Crippen LogP contribution < -0.4 is 15.6 Å². The molecule has 35 heavy (non-hydrogen) atoms. The summed E-state index contributed by atoms with van der Waals surface area (Å²) in [6.07, 6.45) is 1.85. The third-order valence-corrected chi connectivity index (χ3v) is 6.72. The molecule has 1 aliphatic rings.